The first kappa shape index (κ1) is 18.8. The van der Waals surface area contributed by atoms with Gasteiger partial charge in [-0.05, 0) is 42.0 Å². The van der Waals surface area contributed by atoms with E-state index in [0.29, 0.717) is 4.47 Å². The quantitative estimate of drug-likeness (QED) is 0.770. The van der Waals surface area contributed by atoms with Crippen molar-refractivity contribution in [2.24, 2.45) is 5.73 Å². The molecule has 25 heavy (non-hydrogen) atoms. The molecule has 2 rings (SSSR count). The Labute approximate surface area is 152 Å². The van der Waals surface area contributed by atoms with E-state index in [0.717, 1.165) is 17.0 Å². The van der Waals surface area contributed by atoms with Crippen LogP contribution in [-0.2, 0) is 9.59 Å². The lowest BCUT2D eigenvalue weighted by molar-refractivity contribution is -0.134. The van der Waals surface area contributed by atoms with Gasteiger partial charge < -0.3 is 10.6 Å². The predicted octanol–water partition coefficient (Wildman–Crippen LogP) is 3.43. The molecule has 2 aromatic rings. The second kappa shape index (κ2) is 8.02. The fourth-order valence-electron chi connectivity index (χ4n) is 2.30. The number of halogens is 3. The van der Waals surface area contributed by atoms with Crippen molar-refractivity contribution in [3.63, 3.8) is 0 Å². The predicted molar refractivity (Wildman–Crippen MR) is 94.2 cm³/mol. The Bertz CT molecular complexity index is 840. The van der Waals surface area contributed by atoms with Gasteiger partial charge >= 0.3 is 0 Å². The van der Waals surface area contributed by atoms with Gasteiger partial charge in [-0.15, -0.1) is 0 Å². The average molecular weight is 409 g/mol. The first-order chi connectivity index (χ1) is 11.8. The summed E-state index contributed by atoms with van der Waals surface area (Å²) in [5, 5.41) is 0. The molecule has 0 aliphatic rings. The van der Waals surface area contributed by atoms with Gasteiger partial charge in [0.05, 0.1) is 0 Å². The van der Waals surface area contributed by atoms with Crippen molar-refractivity contribution < 1.29 is 18.4 Å². The largest absolute Gasteiger partial charge is 0.368 e. The summed E-state index contributed by atoms with van der Waals surface area (Å²) in [5.74, 6) is -2.42. The number of carbonyl (C=O) groups excluding carboxylic acids is 2. The fourth-order valence-corrected chi connectivity index (χ4v) is 2.68. The summed E-state index contributed by atoms with van der Waals surface area (Å²) < 4.78 is 27.8. The molecule has 2 N–H and O–H groups in total. The minimum atomic E-state index is -1.14. The molecule has 2 aromatic carbocycles. The van der Waals surface area contributed by atoms with E-state index in [1.807, 2.05) is 0 Å². The van der Waals surface area contributed by atoms with Crippen molar-refractivity contribution in [3.05, 3.63) is 75.8 Å². The maximum Gasteiger partial charge on any atom is 0.247 e. The van der Waals surface area contributed by atoms with Crippen molar-refractivity contribution in [3.8, 4) is 0 Å². The highest BCUT2D eigenvalue weighted by Crippen LogP contribution is 2.21. The lowest BCUT2D eigenvalue weighted by Crippen LogP contribution is -2.38. The molecule has 0 bridgehead atoms. The van der Waals surface area contributed by atoms with Crippen molar-refractivity contribution in [1.82, 2.24) is 4.90 Å². The Morgan fingerprint density at radius 1 is 1.20 bits per heavy atom. The molecule has 0 spiro atoms. The van der Waals surface area contributed by atoms with Crippen LogP contribution in [0.5, 0.6) is 0 Å². The van der Waals surface area contributed by atoms with Crippen LogP contribution in [0.4, 0.5) is 8.78 Å². The number of nitrogens with zero attached hydrogens (tertiary/aromatic N) is 1. The van der Waals surface area contributed by atoms with E-state index in [1.165, 1.54) is 49.5 Å². The molecule has 0 fully saturated rings. The van der Waals surface area contributed by atoms with Gasteiger partial charge in [-0.1, -0.05) is 28.1 Å². The van der Waals surface area contributed by atoms with Crippen LogP contribution in [0.3, 0.4) is 0 Å². The summed E-state index contributed by atoms with van der Waals surface area (Å²) >= 11 is 3.22. The zero-order chi connectivity index (χ0) is 18.6. The van der Waals surface area contributed by atoms with Gasteiger partial charge in [0.2, 0.25) is 11.8 Å². The number of benzene rings is 2. The zero-order valence-corrected chi connectivity index (χ0v) is 14.8. The van der Waals surface area contributed by atoms with Gasteiger partial charge in [0.1, 0.15) is 17.7 Å². The standard InChI is InChI=1S/C18H15BrF2N2O2/c1-23(17(18(22)25)12-3-2-4-14(20)10-12)16(24)8-5-11-9-13(19)6-7-15(11)21/h2-10,17H,1H3,(H2,22,25)/b8-5+. The SMILES string of the molecule is CN(C(=O)/C=C/c1cc(Br)ccc1F)C(C(N)=O)c1cccc(F)c1. The van der Waals surface area contributed by atoms with Gasteiger partial charge in [0.25, 0.3) is 0 Å². The van der Waals surface area contributed by atoms with Crippen LogP contribution in [0.15, 0.2) is 53.0 Å². The highest BCUT2D eigenvalue weighted by Gasteiger charge is 2.25. The lowest BCUT2D eigenvalue weighted by atomic mass is 10.0. The van der Waals surface area contributed by atoms with Gasteiger partial charge in [-0.2, -0.15) is 0 Å². The Morgan fingerprint density at radius 3 is 2.56 bits per heavy atom. The molecule has 1 unspecified atom stereocenters. The van der Waals surface area contributed by atoms with Gasteiger partial charge in [0, 0.05) is 23.2 Å². The molecular weight excluding hydrogens is 394 g/mol. The first-order valence-corrected chi connectivity index (χ1v) is 8.03. The molecule has 0 heterocycles. The monoisotopic (exact) mass is 408 g/mol. The number of rotatable bonds is 5. The van der Waals surface area contributed by atoms with Gasteiger partial charge in [0.15, 0.2) is 0 Å². The van der Waals surface area contributed by atoms with Crippen LogP contribution in [0.1, 0.15) is 17.2 Å². The second-order valence-electron chi connectivity index (χ2n) is 5.31. The van der Waals surface area contributed by atoms with Crippen LogP contribution in [-0.4, -0.2) is 23.8 Å². The van der Waals surface area contributed by atoms with Crippen molar-refractivity contribution in [1.29, 1.82) is 0 Å². The molecule has 0 aliphatic carbocycles. The molecular formula is C18H15BrF2N2O2. The van der Waals surface area contributed by atoms with Crippen LogP contribution in [0.25, 0.3) is 6.08 Å². The Hall–Kier alpha value is -2.54. The summed E-state index contributed by atoms with van der Waals surface area (Å²) in [6.07, 6.45) is 2.42. The number of amides is 2. The third-order valence-corrected chi connectivity index (χ3v) is 4.03. The summed E-state index contributed by atoms with van der Waals surface area (Å²) in [4.78, 5) is 25.1. The highest BCUT2D eigenvalue weighted by molar-refractivity contribution is 9.10. The topological polar surface area (TPSA) is 63.4 Å². The van der Waals surface area contributed by atoms with Crippen LogP contribution < -0.4 is 5.73 Å². The molecule has 0 saturated heterocycles. The molecule has 4 nitrogen and oxygen atoms in total. The summed E-state index contributed by atoms with van der Waals surface area (Å²) in [5.41, 5.74) is 5.82. The molecule has 0 saturated carbocycles. The number of hydrogen-bond acceptors (Lipinski definition) is 2. The molecule has 1 atom stereocenters. The van der Waals surface area contributed by atoms with E-state index >= 15 is 0 Å². The second-order valence-corrected chi connectivity index (χ2v) is 6.22. The molecule has 130 valence electrons. The first-order valence-electron chi connectivity index (χ1n) is 7.24. The minimum absolute atomic E-state index is 0.206. The van der Waals surface area contributed by atoms with E-state index in [9.17, 15) is 18.4 Å². The van der Waals surface area contributed by atoms with E-state index < -0.39 is 29.5 Å². The zero-order valence-electron chi connectivity index (χ0n) is 13.2. The van der Waals surface area contributed by atoms with Crippen molar-refractivity contribution in [2.75, 3.05) is 7.05 Å². The smallest absolute Gasteiger partial charge is 0.247 e. The normalized spacial score (nSPS) is 12.2. The highest BCUT2D eigenvalue weighted by atomic mass is 79.9. The number of hydrogen-bond donors (Lipinski definition) is 1. The van der Waals surface area contributed by atoms with Crippen molar-refractivity contribution in [2.45, 2.75) is 6.04 Å². The van der Waals surface area contributed by atoms with Crippen LogP contribution in [0.2, 0.25) is 0 Å². The van der Waals surface area contributed by atoms with Crippen LogP contribution >= 0.6 is 15.9 Å². The van der Waals surface area contributed by atoms with E-state index in [1.54, 1.807) is 0 Å². The number of carbonyl (C=O) groups is 2. The van der Waals surface area contributed by atoms with Gasteiger partial charge in [-0.25, -0.2) is 8.78 Å². The summed E-state index contributed by atoms with van der Waals surface area (Å²) in [7, 11) is 1.37. The molecule has 7 heteroatoms. The number of primary amides is 1. The third kappa shape index (κ3) is 4.73. The van der Waals surface area contributed by atoms with E-state index in [-0.39, 0.29) is 11.1 Å². The molecule has 0 aromatic heterocycles. The summed E-state index contributed by atoms with van der Waals surface area (Å²) in [6.45, 7) is 0. The van der Waals surface area contributed by atoms with E-state index in [2.05, 4.69) is 15.9 Å². The number of likely N-dealkylation sites (N-methyl/N-ethyl adjacent to an activating group) is 1. The maximum atomic E-state index is 13.7. The summed E-state index contributed by atoms with van der Waals surface area (Å²) in [6, 6.07) is 8.45. The van der Waals surface area contributed by atoms with E-state index in [4.69, 9.17) is 5.73 Å². The van der Waals surface area contributed by atoms with Gasteiger partial charge in [-0.3, -0.25) is 9.59 Å². The third-order valence-electron chi connectivity index (χ3n) is 3.53. The minimum Gasteiger partial charge on any atom is -0.368 e. The number of nitrogens with two attached hydrogens (primary N) is 1. The molecule has 0 aliphatic heterocycles. The van der Waals surface area contributed by atoms with Crippen LogP contribution in [0, 0.1) is 11.6 Å². The fraction of sp³-hybridized carbons (Fsp3) is 0.111. The Kier molecular flexibility index (Phi) is 6.03. The Morgan fingerprint density at radius 2 is 1.92 bits per heavy atom. The van der Waals surface area contributed by atoms with Crippen molar-refractivity contribution >= 4 is 33.8 Å². The molecule has 2 amide bonds. The molecule has 0 radical (unpaired) electrons. The lowest BCUT2D eigenvalue weighted by Gasteiger charge is -2.25. The average Bonchev–Trinajstić information content (AvgIpc) is 2.55. The maximum absolute atomic E-state index is 13.7. The Balaban J connectivity index is 2.25.